The molecule has 1 N–H and O–H groups in total. The van der Waals surface area contributed by atoms with Crippen LogP contribution in [-0.4, -0.2) is 35.7 Å². The van der Waals surface area contributed by atoms with Gasteiger partial charge in [0.15, 0.2) is 5.75 Å². The fourth-order valence-corrected chi connectivity index (χ4v) is 1.42. The second-order valence-electron chi connectivity index (χ2n) is 3.76. The number of alkyl halides is 3. The summed E-state index contributed by atoms with van der Waals surface area (Å²) in [6, 6.07) is 0. The van der Waals surface area contributed by atoms with E-state index in [1.54, 1.807) is 18.7 Å². The molecule has 0 unspecified atom stereocenters. The fraction of sp³-hybridized carbons (Fsp3) is 0.700. The third kappa shape index (κ3) is 4.26. The third-order valence-electron chi connectivity index (χ3n) is 2.29. The average molecular weight is 251 g/mol. The van der Waals surface area contributed by atoms with E-state index < -0.39 is 12.7 Å². The molecule has 0 amide bonds. The lowest BCUT2D eigenvalue weighted by molar-refractivity contribution is -0.124. The zero-order valence-electron chi connectivity index (χ0n) is 10.1. The minimum absolute atomic E-state index is 0.146. The summed E-state index contributed by atoms with van der Waals surface area (Å²) in [4.78, 5) is 0. The number of nitrogens with zero attached hydrogens (tertiary/aromatic N) is 2. The van der Waals surface area contributed by atoms with Gasteiger partial charge in [0, 0.05) is 13.6 Å². The molecule has 1 aromatic heterocycles. The summed E-state index contributed by atoms with van der Waals surface area (Å²) in [5.74, 6) is 0.640. The van der Waals surface area contributed by atoms with E-state index in [0.717, 1.165) is 11.4 Å². The minimum Gasteiger partial charge on any atom is -0.488 e. The van der Waals surface area contributed by atoms with Crippen LogP contribution in [0.3, 0.4) is 0 Å². The Kier molecular flexibility index (Phi) is 4.39. The Labute approximate surface area is 97.8 Å². The molecule has 17 heavy (non-hydrogen) atoms. The lowest BCUT2D eigenvalue weighted by atomic mass is 10.3. The van der Waals surface area contributed by atoms with Crippen molar-refractivity contribution in [3.63, 3.8) is 0 Å². The summed E-state index contributed by atoms with van der Waals surface area (Å²) in [7, 11) is 1.79. The summed E-state index contributed by atoms with van der Waals surface area (Å²) in [6.07, 6.45) is -4.18. The van der Waals surface area contributed by atoms with Gasteiger partial charge in [-0.25, -0.2) is 0 Å². The van der Waals surface area contributed by atoms with E-state index >= 15 is 0 Å². The topological polar surface area (TPSA) is 39.1 Å². The molecular weight excluding hydrogens is 235 g/mol. The normalized spacial score (nSPS) is 11.9. The third-order valence-corrected chi connectivity index (χ3v) is 2.29. The van der Waals surface area contributed by atoms with Gasteiger partial charge in [0.2, 0.25) is 0 Å². The second-order valence-corrected chi connectivity index (χ2v) is 3.76. The standard InChI is InChI=1S/C10H16F3N3O/c1-7-9(8(2)16(3)15-7)17-5-4-14-6-10(11,12)13/h14H,4-6H2,1-3H3. The zero-order chi connectivity index (χ0) is 13.1. The fourth-order valence-electron chi connectivity index (χ4n) is 1.42. The van der Waals surface area contributed by atoms with Crippen LogP contribution < -0.4 is 10.1 Å². The Morgan fingerprint density at radius 1 is 1.35 bits per heavy atom. The van der Waals surface area contributed by atoms with Gasteiger partial charge in [-0.15, -0.1) is 0 Å². The van der Waals surface area contributed by atoms with E-state index in [9.17, 15) is 13.2 Å². The number of hydrogen-bond donors (Lipinski definition) is 1. The van der Waals surface area contributed by atoms with Crippen molar-refractivity contribution in [3.05, 3.63) is 11.4 Å². The Hall–Kier alpha value is -1.24. The van der Waals surface area contributed by atoms with E-state index in [0.29, 0.717) is 5.75 Å². The molecule has 98 valence electrons. The molecule has 1 heterocycles. The van der Waals surface area contributed by atoms with Gasteiger partial charge in [-0.1, -0.05) is 0 Å². The van der Waals surface area contributed by atoms with Crippen LogP contribution in [0.2, 0.25) is 0 Å². The predicted octanol–water partition coefficient (Wildman–Crippen LogP) is 1.57. The van der Waals surface area contributed by atoms with E-state index in [1.807, 2.05) is 6.92 Å². The van der Waals surface area contributed by atoms with Gasteiger partial charge >= 0.3 is 6.18 Å². The molecule has 0 aliphatic heterocycles. The molecule has 0 radical (unpaired) electrons. The van der Waals surface area contributed by atoms with Gasteiger partial charge in [-0.05, 0) is 13.8 Å². The van der Waals surface area contributed by atoms with E-state index in [2.05, 4.69) is 10.4 Å². The largest absolute Gasteiger partial charge is 0.488 e. The van der Waals surface area contributed by atoms with Gasteiger partial charge in [-0.2, -0.15) is 18.3 Å². The molecule has 1 aromatic rings. The van der Waals surface area contributed by atoms with Gasteiger partial charge in [0.1, 0.15) is 12.3 Å². The summed E-state index contributed by atoms with van der Waals surface area (Å²) in [6.45, 7) is 2.97. The molecule has 1 rings (SSSR count). The first-order valence-corrected chi connectivity index (χ1v) is 5.21. The van der Waals surface area contributed by atoms with Gasteiger partial charge in [0.25, 0.3) is 0 Å². The molecular formula is C10H16F3N3O. The first kappa shape index (κ1) is 13.8. The molecule has 0 bridgehead atoms. The molecule has 0 aromatic carbocycles. The van der Waals surface area contributed by atoms with Crippen LogP contribution in [0.5, 0.6) is 5.75 Å². The Morgan fingerprint density at radius 2 is 2.00 bits per heavy atom. The molecule has 0 saturated carbocycles. The van der Waals surface area contributed by atoms with Crippen LogP contribution in [0.1, 0.15) is 11.4 Å². The zero-order valence-corrected chi connectivity index (χ0v) is 10.1. The summed E-state index contributed by atoms with van der Waals surface area (Å²) < 4.78 is 42.5. The van der Waals surface area contributed by atoms with Crippen LogP contribution in [0.4, 0.5) is 13.2 Å². The number of halogens is 3. The van der Waals surface area contributed by atoms with Crippen LogP contribution >= 0.6 is 0 Å². The number of nitrogens with one attached hydrogen (secondary N) is 1. The molecule has 0 aliphatic carbocycles. The van der Waals surface area contributed by atoms with Crippen LogP contribution in [-0.2, 0) is 7.05 Å². The van der Waals surface area contributed by atoms with Crippen molar-refractivity contribution >= 4 is 0 Å². The lowest BCUT2D eigenvalue weighted by Gasteiger charge is -2.09. The van der Waals surface area contributed by atoms with Crippen molar-refractivity contribution < 1.29 is 17.9 Å². The SMILES string of the molecule is Cc1nn(C)c(C)c1OCCNCC(F)(F)F. The Morgan fingerprint density at radius 3 is 2.47 bits per heavy atom. The highest BCUT2D eigenvalue weighted by Crippen LogP contribution is 2.20. The minimum atomic E-state index is -4.18. The van der Waals surface area contributed by atoms with Crippen molar-refractivity contribution in [2.75, 3.05) is 19.7 Å². The number of aryl methyl sites for hydroxylation is 2. The van der Waals surface area contributed by atoms with Crippen LogP contribution in [0.25, 0.3) is 0 Å². The summed E-state index contributed by atoms with van der Waals surface area (Å²) >= 11 is 0. The average Bonchev–Trinajstić information content (AvgIpc) is 2.42. The lowest BCUT2D eigenvalue weighted by Crippen LogP contribution is -2.31. The molecule has 0 atom stereocenters. The van der Waals surface area contributed by atoms with Crippen molar-refractivity contribution in [2.24, 2.45) is 7.05 Å². The first-order valence-electron chi connectivity index (χ1n) is 5.21. The van der Waals surface area contributed by atoms with E-state index in [4.69, 9.17) is 4.74 Å². The molecule has 0 spiro atoms. The maximum Gasteiger partial charge on any atom is 0.401 e. The van der Waals surface area contributed by atoms with Gasteiger partial charge < -0.3 is 10.1 Å². The summed E-state index contributed by atoms with van der Waals surface area (Å²) in [5.41, 5.74) is 1.60. The quantitative estimate of drug-likeness (QED) is 0.807. The maximum absolute atomic E-state index is 11.8. The van der Waals surface area contributed by atoms with Crippen LogP contribution in [0, 0.1) is 13.8 Å². The summed E-state index contributed by atoms with van der Waals surface area (Å²) in [5, 5.41) is 6.40. The number of aromatic nitrogens is 2. The van der Waals surface area contributed by atoms with E-state index in [-0.39, 0.29) is 13.2 Å². The Bertz CT molecular complexity index is 374. The van der Waals surface area contributed by atoms with Crippen molar-refractivity contribution in [1.29, 1.82) is 0 Å². The van der Waals surface area contributed by atoms with E-state index in [1.165, 1.54) is 0 Å². The molecule has 0 aliphatic rings. The molecule has 4 nitrogen and oxygen atoms in total. The maximum atomic E-state index is 11.8. The van der Waals surface area contributed by atoms with Gasteiger partial charge in [0.05, 0.1) is 12.2 Å². The molecule has 0 fully saturated rings. The monoisotopic (exact) mass is 251 g/mol. The smallest absolute Gasteiger partial charge is 0.401 e. The molecule has 7 heteroatoms. The Balaban J connectivity index is 2.32. The predicted molar refractivity (Wildman–Crippen MR) is 57.1 cm³/mol. The van der Waals surface area contributed by atoms with Gasteiger partial charge in [-0.3, -0.25) is 4.68 Å². The molecule has 0 saturated heterocycles. The number of ether oxygens (including phenoxy) is 1. The second kappa shape index (κ2) is 5.39. The van der Waals surface area contributed by atoms with Crippen molar-refractivity contribution in [2.45, 2.75) is 20.0 Å². The van der Waals surface area contributed by atoms with Crippen molar-refractivity contribution in [1.82, 2.24) is 15.1 Å². The highest BCUT2D eigenvalue weighted by Gasteiger charge is 2.25. The highest BCUT2D eigenvalue weighted by molar-refractivity contribution is 5.31. The first-order chi connectivity index (χ1) is 7.81. The van der Waals surface area contributed by atoms with Crippen LogP contribution in [0.15, 0.2) is 0 Å². The van der Waals surface area contributed by atoms with Crippen molar-refractivity contribution in [3.8, 4) is 5.75 Å². The number of hydrogen-bond acceptors (Lipinski definition) is 3. The number of rotatable bonds is 5. The highest BCUT2D eigenvalue weighted by atomic mass is 19.4.